The number of methoxy groups -OCH3 is 1. The van der Waals surface area contributed by atoms with Gasteiger partial charge in [-0.2, -0.15) is 0 Å². The lowest BCUT2D eigenvalue weighted by molar-refractivity contribution is -0.117. The molecule has 1 unspecified atom stereocenters. The minimum atomic E-state index is -0.871. The van der Waals surface area contributed by atoms with Crippen molar-refractivity contribution in [3.8, 4) is 11.5 Å². The second kappa shape index (κ2) is 9.86. The number of para-hydroxylation sites is 1. The summed E-state index contributed by atoms with van der Waals surface area (Å²) in [6, 6.07) is 15.9. The fourth-order valence-corrected chi connectivity index (χ4v) is 4.71. The Labute approximate surface area is 202 Å². The van der Waals surface area contributed by atoms with Gasteiger partial charge in [0.25, 0.3) is 0 Å². The van der Waals surface area contributed by atoms with Crippen LogP contribution in [0.5, 0.6) is 11.5 Å². The van der Waals surface area contributed by atoms with Crippen molar-refractivity contribution < 1.29 is 23.0 Å². The van der Waals surface area contributed by atoms with Gasteiger partial charge in [-0.05, 0) is 55.5 Å². The van der Waals surface area contributed by atoms with Crippen LogP contribution >= 0.6 is 0 Å². The lowest BCUT2D eigenvalue weighted by atomic mass is 9.89. The van der Waals surface area contributed by atoms with Gasteiger partial charge < -0.3 is 14.8 Å². The molecule has 1 saturated carbocycles. The van der Waals surface area contributed by atoms with E-state index < -0.39 is 29.3 Å². The minimum absolute atomic E-state index is 0.135. The predicted molar refractivity (Wildman–Crippen MR) is 130 cm³/mol. The topological polar surface area (TPSA) is 59.9 Å². The number of hydrogen-bond donors (Lipinski definition) is 1. The number of aliphatic imine (C=N–C) groups is 1. The second-order valence-corrected chi connectivity index (χ2v) is 8.83. The highest BCUT2D eigenvalue weighted by atomic mass is 19.1. The average Bonchev–Trinajstić information content (AvgIpc) is 3.38. The molecule has 2 aliphatic rings. The molecule has 180 valence electrons. The van der Waals surface area contributed by atoms with Crippen LogP contribution in [0.4, 0.5) is 14.5 Å². The molecule has 0 spiro atoms. The first-order valence-corrected chi connectivity index (χ1v) is 11.8. The van der Waals surface area contributed by atoms with Crippen LogP contribution in [0.2, 0.25) is 0 Å². The van der Waals surface area contributed by atoms with E-state index in [0.717, 1.165) is 54.5 Å². The molecular weight excluding hydrogens is 450 g/mol. The number of nitrogens with one attached hydrogen (secondary N) is 1. The minimum Gasteiger partial charge on any atom is -0.493 e. The number of amides is 1. The molecule has 1 aliphatic carbocycles. The van der Waals surface area contributed by atoms with Crippen molar-refractivity contribution in [2.24, 2.45) is 4.99 Å². The number of nitrogens with zero attached hydrogens (tertiary/aromatic N) is 1. The molecule has 1 heterocycles. The average molecular weight is 477 g/mol. The Hall–Kier alpha value is -3.74. The third-order valence-electron chi connectivity index (χ3n) is 6.50. The van der Waals surface area contributed by atoms with Crippen LogP contribution in [0.1, 0.15) is 42.4 Å². The number of carbonyl (C=O) groups is 1. The number of rotatable bonds is 6. The predicted octanol–water partition coefficient (Wildman–Crippen LogP) is 5.70. The molecule has 1 atom stereocenters. The summed E-state index contributed by atoms with van der Waals surface area (Å²) < 4.78 is 40.2. The zero-order valence-corrected chi connectivity index (χ0v) is 19.4. The van der Waals surface area contributed by atoms with Gasteiger partial charge in [0, 0.05) is 17.5 Å². The Morgan fingerprint density at radius 1 is 0.971 bits per heavy atom. The molecule has 3 aromatic carbocycles. The van der Waals surface area contributed by atoms with Crippen molar-refractivity contribution in [2.75, 3.05) is 12.4 Å². The first-order valence-electron chi connectivity index (χ1n) is 11.8. The highest BCUT2D eigenvalue weighted by Gasteiger charge is 2.30. The third kappa shape index (κ3) is 4.76. The monoisotopic (exact) mass is 476 g/mol. The van der Waals surface area contributed by atoms with E-state index in [1.807, 2.05) is 42.5 Å². The van der Waals surface area contributed by atoms with Gasteiger partial charge in [-0.15, -0.1) is 0 Å². The van der Waals surface area contributed by atoms with Crippen LogP contribution in [0, 0.1) is 11.6 Å². The smallest absolute Gasteiger partial charge is 0.249 e. The molecule has 5 rings (SSSR count). The Kier molecular flexibility index (Phi) is 6.49. The van der Waals surface area contributed by atoms with Crippen molar-refractivity contribution in [3.05, 3.63) is 89.0 Å². The fourth-order valence-electron chi connectivity index (χ4n) is 4.71. The molecule has 0 saturated heterocycles. The Bertz CT molecular complexity index is 1250. The van der Waals surface area contributed by atoms with E-state index in [4.69, 9.17) is 14.5 Å². The summed E-state index contributed by atoms with van der Waals surface area (Å²) in [5, 5.41) is 2.39. The highest BCUT2D eigenvalue weighted by molar-refractivity contribution is 6.16. The van der Waals surface area contributed by atoms with E-state index in [2.05, 4.69) is 5.32 Å². The molecule has 0 aromatic heterocycles. The van der Waals surface area contributed by atoms with Gasteiger partial charge in [0.05, 0.1) is 18.9 Å². The van der Waals surface area contributed by atoms with E-state index in [9.17, 15) is 13.6 Å². The Balaban J connectivity index is 1.53. The van der Waals surface area contributed by atoms with E-state index in [1.54, 1.807) is 7.11 Å². The zero-order valence-electron chi connectivity index (χ0n) is 19.4. The molecular formula is C28H26F2N2O3. The molecule has 1 N–H and O–H groups in total. The molecule has 1 aliphatic heterocycles. The standard InChI is InChI=1S/C28H26F2N2O3/c1-34-24-16-20-18(15-25(24)35-19-10-5-6-11-19)14-23(31-26(20)17-8-3-2-4-9-17)28(33)32-27-21(29)12-7-13-22(27)30/h2-4,7-9,12-13,15-16,19,23H,5-6,10-11,14H2,1H3,(H,32,33). The number of benzene rings is 3. The first-order chi connectivity index (χ1) is 17.0. The van der Waals surface area contributed by atoms with Crippen LogP contribution in [-0.2, 0) is 11.2 Å². The maximum atomic E-state index is 14.2. The number of hydrogen-bond acceptors (Lipinski definition) is 4. The summed E-state index contributed by atoms with van der Waals surface area (Å²) in [4.78, 5) is 17.9. The van der Waals surface area contributed by atoms with Crippen molar-refractivity contribution in [1.82, 2.24) is 0 Å². The third-order valence-corrected chi connectivity index (χ3v) is 6.50. The second-order valence-electron chi connectivity index (χ2n) is 8.83. The van der Waals surface area contributed by atoms with Gasteiger partial charge in [-0.25, -0.2) is 8.78 Å². The van der Waals surface area contributed by atoms with Crippen LogP contribution < -0.4 is 14.8 Å². The fraction of sp³-hybridized carbons (Fsp3) is 0.286. The molecule has 0 radical (unpaired) electrons. The normalized spacial score (nSPS) is 17.5. The van der Waals surface area contributed by atoms with E-state index >= 15 is 0 Å². The van der Waals surface area contributed by atoms with E-state index in [0.29, 0.717) is 17.2 Å². The van der Waals surface area contributed by atoms with Crippen molar-refractivity contribution in [3.63, 3.8) is 0 Å². The number of fused-ring (bicyclic) bond motifs is 1. The van der Waals surface area contributed by atoms with Gasteiger partial charge in [0.2, 0.25) is 5.91 Å². The van der Waals surface area contributed by atoms with E-state index in [1.165, 1.54) is 6.07 Å². The van der Waals surface area contributed by atoms with Crippen molar-refractivity contribution in [2.45, 2.75) is 44.2 Å². The molecule has 3 aromatic rings. The van der Waals surface area contributed by atoms with Crippen LogP contribution in [0.25, 0.3) is 0 Å². The molecule has 1 amide bonds. The largest absolute Gasteiger partial charge is 0.493 e. The zero-order chi connectivity index (χ0) is 24.4. The van der Waals surface area contributed by atoms with Crippen molar-refractivity contribution >= 4 is 17.3 Å². The van der Waals surface area contributed by atoms with Gasteiger partial charge in [0.1, 0.15) is 23.4 Å². The number of ether oxygens (including phenoxy) is 2. The Morgan fingerprint density at radius 3 is 2.37 bits per heavy atom. The quantitative estimate of drug-likeness (QED) is 0.497. The molecule has 5 nitrogen and oxygen atoms in total. The summed E-state index contributed by atoms with van der Waals surface area (Å²) in [5.74, 6) is -1.01. The van der Waals surface area contributed by atoms with Gasteiger partial charge in [-0.1, -0.05) is 36.4 Å². The lowest BCUT2D eigenvalue weighted by Crippen LogP contribution is -2.33. The maximum Gasteiger partial charge on any atom is 0.249 e. The van der Waals surface area contributed by atoms with Crippen molar-refractivity contribution in [1.29, 1.82) is 0 Å². The Morgan fingerprint density at radius 2 is 1.69 bits per heavy atom. The van der Waals surface area contributed by atoms with Gasteiger partial charge in [0.15, 0.2) is 11.5 Å². The summed E-state index contributed by atoms with van der Waals surface area (Å²) >= 11 is 0. The maximum absolute atomic E-state index is 14.2. The molecule has 7 heteroatoms. The van der Waals surface area contributed by atoms with Crippen LogP contribution in [0.15, 0.2) is 65.7 Å². The summed E-state index contributed by atoms with van der Waals surface area (Å²) in [7, 11) is 1.60. The summed E-state index contributed by atoms with van der Waals surface area (Å²) in [5.41, 5.74) is 2.68. The number of anilines is 1. The van der Waals surface area contributed by atoms with Gasteiger partial charge >= 0.3 is 0 Å². The molecule has 1 fully saturated rings. The molecule has 35 heavy (non-hydrogen) atoms. The highest BCUT2D eigenvalue weighted by Crippen LogP contribution is 2.37. The summed E-state index contributed by atoms with van der Waals surface area (Å²) in [6.07, 6.45) is 4.66. The number of halogens is 2. The molecule has 0 bridgehead atoms. The van der Waals surface area contributed by atoms with Gasteiger partial charge in [-0.3, -0.25) is 9.79 Å². The van der Waals surface area contributed by atoms with Crippen LogP contribution in [0.3, 0.4) is 0 Å². The van der Waals surface area contributed by atoms with Crippen LogP contribution in [-0.4, -0.2) is 30.9 Å². The van der Waals surface area contributed by atoms with E-state index in [-0.39, 0.29) is 12.5 Å². The lowest BCUT2D eigenvalue weighted by Gasteiger charge is -2.26. The number of carbonyl (C=O) groups excluding carboxylic acids is 1. The SMILES string of the molecule is COc1cc2c(cc1OC1CCCC1)CC(C(=O)Nc1c(F)cccc1F)N=C2c1ccccc1. The first kappa shape index (κ1) is 23.0. The summed E-state index contributed by atoms with van der Waals surface area (Å²) in [6.45, 7) is 0.